The lowest BCUT2D eigenvalue weighted by molar-refractivity contribution is -0.116. The number of amides is 2. The van der Waals surface area contributed by atoms with E-state index >= 15 is 0 Å². The number of pyridine rings is 1. The van der Waals surface area contributed by atoms with E-state index in [-0.39, 0.29) is 29.0 Å². The van der Waals surface area contributed by atoms with Gasteiger partial charge in [-0.15, -0.1) is 0 Å². The molecule has 0 aliphatic carbocycles. The Morgan fingerprint density at radius 3 is 2.37 bits per heavy atom. The fourth-order valence-electron chi connectivity index (χ4n) is 3.28. The summed E-state index contributed by atoms with van der Waals surface area (Å²) in [6.07, 6.45) is 1.30. The fraction of sp³-hybridized carbons (Fsp3) is 0.286. The van der Waals surface area contributed by atoms with Crippen LogP contribution in [0, 0.1) is 13.8 Å². The summed E-state index contributed by atoms with van der Waals surface area (Å²) in [6.45, 7) is 3.62. The summed E-state index contributed by atoms with van der Waals surface area (Å²) >= 11 is 0. The molecule has 0 aliphatic heterocycles. The first-order valence-electron chi connectivity index (χ1n) is 9.29. The van der Waals surface area contributed by atoms with E-state index in [1.807, 2.05) is 32.0 Å². The minimum atomic E-state index is -0.536. The molecule has 9 heteroatoms. The van der Waals surface area contributed by atoms with Crippen molar-refractivity contribution in [1.82, 2.24) is 19.0 Å². The average molecular weight is 409 g/mol. The van der Waals surface area contributed by atoms with Gasteiger partial charge in [-0.05, 0) is 31.0 Å². The SMILES string of the molecule is Cc1cccc(C)c1NC(=O)CN(C)C(=O)c1cnc2c(c1)c(=O)n(C)c(=O)n2C. The zero-order valence-corrected chi connectivity index (χ0v) is 17.5. The Labute approximate surface area is 172 Å². The second-order valence-corrected chi connectivity index (χ2v) is 7.28. The van der Waals surface area contributed by atoms with Crippen LogP contribution < -0.4 is 16.6 Å². The Balaban J connectivity index is 1.84. The lowest BCUT2D eigenvalue weighted by atomic mass is 10.1. The van der Waals surface area contributed by atoms with Gasteiger partial charge in [0.2, 0.25) is 5.91 Å². The predicted octanol–water partition coefficient (Wildman–Crippen LogP) is 0.960. The standard InChI is InChI=1S/C21H23N5O4/c1-12-7-6-8-13(2)17(12)23-16(27)11-24(3)19(28)14-9-15-18(22-10-14)25(4)21(30)26(5)20(15)29/h6-10H,11H2,1-5H3,(H,23,27). The van der Waals surface area contributed by atoms with Crippen LogP contribution in [0.5, 0.6) is 0 Å². The van der Waals surface area contributed by atoms with E-state index in [0.29, 0.717) is 0 Å². The topological polar surface area (TPSA) is 106 Å². The van der Waals surface area contributed by atoms with Crippen molar-refractivity contribution < 1.29 is 9.59 Å². The number of nitrogens with one attached hydrogen (secondary N) is 1. The van der Waals surface area contributed by atoms with Crippen molar-refractivity contribution in [3.8, 4) is 0 Å². The molecule has 3 aromatic rings. The molecule has 9 nitrogen and oxygen atoms in total. The molecule has 1 N–H and O–H groups in total. The van der Waals surface area contributed by atoms with Gasteiger partial charge in [-0.3, -0.25) is 23.5 Å². The molecule has 0 saturated heterocycles. The van der Waals surface area contributed by atoms with Crippen LogP contribution in [-0.2, 0) is 18.9 Å². The molecular weight excluding hydrogens is 386 g/mol. The molecule has 1 aromatic carbocycles. The van der Waals surface area contributed by atoms with E-state index in [1.54, 1.807) is 0 Å². The number of aryl methyl sites for hydroxylation is 3. The molecule has 0 spiro atoms. The molecule has 2 amide bonds. The second-order valence-electron chi connectivity index (χ2n) is 7.28. The summed E-state index contributed by atoms with van der Waals surface area (Å²) in [5.41, 5.74) is 1.89. The molecule has 0 aliphatic rings. The molecule has 30 heavy (non-hydrogen) atoms. The number of anilines is 1. The molecular formula is C21H23N5O4. The minimum Gasteiger partial charge on any atom is -0.332 e. The number of para-hydroxylation sites is 1. The van der Waals surface area contributed by atoms with Gasteiger partial charge in [-0.25, -0.2) is 9.78 Å². The highest BCUT2D eigenvalue weighted by atomic mass is 16.2. The summed E-state index contributed by atoms with van der Waals surface area (Å²) in [7, 11) is 4.36. The fourth-order valence-corrected chi connectivity index (χ4v) is 3.28. The maximum atomic E-state index is 12.8. The smallest absolute Gasteiger partial charge is 0.332 e. The minimum absolute atomic E-state index is 0.152. The van der Waals surface area contributed by atoms with Gasteiger partial charge in [0.15, 0.2) is 0 Å². The number of likely N-dealkylation sites (N-methyl/N-ethyl adjacent to an activating group) is 1. The van der Waals surface area contributed by atoms with Gasteiger partial charge in [0.25, 0.3) is 11.5 Å². The predicted molar refractivity (Wildman–Crippen MR) is 114 cm³/mol. The van der Waals surface area contributed by atoms with Crippen molar-refractivity contribution in [3.63, 3.8) is 0 Å². The molecule has 0 fully saturated rings. The van der Waals surface area contributed by atoms with Gasteiger partial charge in [0, 0.05) is 33.0 Å². The number of nitrogens with zero attached hydrogens (tertiary/aromatic N) is 4. The number of aromatic nitrogens is 3. The third-order valence-corrected chi connectivity index (χ3v) is 5.01. The van der Waals surface area contributed by atoms with Gasteiger partial charge < -0.3 is 10.2 Å². The zero-order chi connectivity index (χ0) is 22.2. The number of carbonyl (C=O) groups excluding carboxylic acids is 2. The monoisotopic (exact) mass is 409 g/mol. The van der Waals surface area contributed by atoms with Gasteiger partial charge in [0.1, 0.15) is 5.65 Å². The van der Waals surface area contributed by atoms with Gasteiger partial charge >= 0.3 is 5.69 Å². The van der Waals surface area contributed by atoms with Crippen LogP contribution in [0.4, 0.5) is 5.69 Å². The van der Waals surface area contributed by atoms with Gasteiger partial charge in [-0.1, -0.05) is 18.2 Å². The van der Waals surface area contributed by atoms with Crippen LogP contribution in [0.2, 0.25) is 0 Å². The largest absolute Gasteiger partial charge is 0.332 e. The highest BCUT2D eigenvalue weighted by Gasteiger charge is 2.19. The van der Waals surface area contributed by atoms with Crippen LogP contribution in [0.3, 0.4) is 0 Å². The summed E-state index contributed by atoms with van der Waals surface area (Å²) < 4.78 is 2.20. The average Bonchev–Trinajstić information content (AvgIpc) is 2.72. The van der Waals surface area contributed by atoms with Gasteiger partial charge in [0.05, 0.1) is 17.5 Å². The molecule has 2 aromatic heterocycles. The van der Waals surface area contributed by atoms with E-state index in [0.717, 1.165) is 21.4 Å². The quantitative estimate of drug-likeness (QED) is 0.691. The molecule has 0 bridgehead atoms. The van der Waals surface area contributed by atoms with Crippen molar-refractivity contribution in [2.24, 2.45) is 14.1 Å². The van der Waals surface area contributed by atoms with E-state index in [4.69, 9.17) is 0 Å². The zero-order valence-electron chi connectivity index (χ0n) is 17.5. The second kappa shape index (κ2) is 7.94. The van der Waals surface area contributed by atoms with Crippen molar-refractivity contribution in [2.45, 2.75) is 13.8 Å². The number of rotatable bonds is 4. The van der Waals surface area contributed by atoms with Crippen LogP contribution in [0.15, 0.2) is 40.1 Å². The van der Waals surface area contributed by atoms with Crippen LogP contribution in [-0.4, -0.2) is 44.4 Å². The number of fused-ring (bicyclic) bond motifs is 1. The molecule has 0 radical (unpaired) electrons. The van der Waals surface area contributed by atoms with Crippen LogP contribution in [0.25, 0.3) is 11.0 Å². The molecule has 2 heterocycles. The van der Waals surface area contributed by atoms with Crippen molar-refractivity contribution >= 4 is 28.5 Å². The highest BCUT2D eigenvalue weighted by Crippen LogP contribution is 2.19. The summed E-state index contributed by atoms with van der Waals surface area (Å²) in [6, 6.07) is 7.09. The lowest BCUT2D eigenvalue weighted by Crippen LogP contribution is -2.38. The molecule has 156 valence electrons. The Hall–Kier alpha value is -3.75. The van der Waals surface area contributed by atoms with Gasteiger partial charge in [-0.2, -0.15) is 0 Å². The molecule has 3 rings (SSSR count). The Morgan fingerprint density at radius 1 is 1.10 bits per heavy atom. The van der Waals surface area contributed by atoms with Crippen molar-refractivity contribution in [2.75, 3.05) is 18.9 Å². The Bertz CT molecular complexity index is 1270. The number of hydrogen-bond donors (Lipinski definition) is 1. The summed E-state index contributed by atoms with van der Waals surface area (Å²) in [5, 5.41) is 2.99. The maximum absolute atomic E-state index is 12.8. The summed E-state index contributed by atoms with van der Waals surface area (Å²) in [5.74, 6) is -0.799. The first kappa shape index (κ1) is 21.0. The first-order valence-corrected chi connectivity index (χ1v) is 9.29. The highest BCUT2D eigenvalue weighted by molar-refractivity contribution is 6.00. The van der Waals surface area contributed by atoms with E-state index in [2.05, 4.69) is 10.3 Å². The lowest BCUT2D eigenvalue weighted by Gasteiger charge is -2.18. The Morgan fingerprint density at radius 2 is 1.73 bits per heavy atom. The van der Waals surface area contributed by atoms with E-state index in [9.17, 15) is 19.2 Å². The number of hydrogen-bond acceptors (Lipinski definition) is 5. The van der Waals surface area contributed by atoms with Crippen LogP contribution in [0.1, 0.15) is 21.5 Å². The Kier molecular flexibility index (Phi) is 5.55. The number of carbonyl (C=O) groups is 2. The van der Waals surface area contributed by atoms with Crippen LogP contribution >= 0.6 is 0 Å². The van der Waals surface area contributed by atoms with Crippen molar-refractivity contribution in [3.05, 3.63) is 68.0 Å². The first-order chi connectivity index (χ1) is 14.1. The van der Waals surface area contributed by atoms with Crippen molar-refractivity contribution in [1.29, 1.82) is 0 Å². The molecule has 0 saturated carbocycles. The molecule has 0 unspecified atom stereocenters. The maximum Gasteiger partial charge on any atom is 0.332 e. The van der Waals surface area contributed by atoms with E-state index in [1.165, 1.54) is 42.9 Å². The number of benzene rings is 1. The van der Waals surface area contributed by atoms with E-state index < -0.39 is 17.2 Å². The third kappa shape index (κ3) is 3.73. The summed E-state index contributed by atoms with van der Waals surface area (Å²) in [4.78, 5) is 55.0. The third-order valence-electron chi connectivity index (χ3n) is 5.01. The normalized spacial score (nSPS) is 10.8. The molecule has 0 atom stereocenters.